The molecule has 0 fully saturated rings. The third-order valence-corrected chi connectivity index (χ3v) is 4.13. The van der Waals surface area contributed by atoms with E-state index in [2.05, 4.69) is 4.74 Å². The van der Waals surface area contributed by atoms with Gasteiger partial charge in [0.1, 0.15) is 5.25 Å². The molecular formula is C11H13ClO3S. The first-order valence-corrected chi connectivity index (χ1v) is 6.50. The highest BCUT2D eigenvalue weighted by Crippen LogP contribution is 2.18. The Morgan fingerprint density at radius 3 is 2.69 bits per heavy atom. The van der Waals surface area contributed by atoms with Gasteiger partial charge in [0.05, 0.1) is 12.9 Å². The minimum atomic E-state index is -1.31. The molecule has 88 valence electrons. The molecule has 0 aliphatic rings. The van der Waals surface area contributed by atoms with Crippen LogP contribution in [0.15, 0.2) is 24.3 Å². The zero-order valence-electron chi connectivity index (χ0n) is 9.10. The lowest BCUT2D eigenvalue weighted by atomic mass is 10.2. The van der Waals surface area contributed by atoms with Crippen molar-refractivity contribution in [2.75, 3.05) is 7.11 Å². The second kappa shape index (κ2) is 6.01. The van der Waals surface area contributed by atoms with Crippen molar-refractivity contribution in [3.63, 3.8) is 0 Å². The molecule has 1 aromatic rings. The SMILES string of the molecule is COC(=O)C(C)S(=O)Cc1ccccc1Cl. The van der Waals surface area contributed by atoms with Crippen LogP contribution in [0, 0.1) is 0 Å². The monoisotopic (exact) mass is 260 g/mol. The van der Waals surface area contributed by atoms with Gasteiger partial charge in [0.2, 0.25) is 0 Å². The molecule has 16 heavy (non-hydrogen) atoms. The Morgan fingerprint density at radius 1 is 1.50 bits per heavy atom. The molecule has 0 N–H and O–H groups in total. The lowest BCUT2D eigenvalue weighted by Gasteiger charge is -2.09. The highest BCUT2D eigenvalue weighted by atomic mass is 35.5. The van der Waals surface area contributed by atoms with Crippen LogP contribution in [-0.4, -0.2) is 22.5 Å². The van der Waals surface area contributed by atoms with Crippen LogP contribution in [-0.2, 0) is 26.1 Å². The number of benzene rings is 1. The van der Waals surface area contributed by atoms with Crippen LogP contribution in [0.25, 0.3) is 0 Å². The predicted octanol–water partition coefficient (Wildman–Crippen LogP) is 2.15. The van der Waals surface area contributed by atoms with E-state index in [4.69, 9.17) is 11.6 Å². The molecule has 5 heteroatoms. The van der Waals surface area contributed by atoms with Gasteiger partial charge in [-0.1, -0.05) is 29.8 Å². The summed E-state index contributed by atoms with van der Waals surface area (Å²) in [7, 11) is -0.0317. The van der Waals surface area contributed by atoms with E-state index in [9.17, 15) is 9.00 Å². The van der Waals surface area contributed by atoms with Gasteiger partial charge < -0.3 is 4.74 Å². The van der Waals surface area contributed by atoms with Gasteiger partial charge in [-0.25, -0.2) is 0 Å². The van der Waals surface area contributed by atoms with Crippen molar-refractivity contribution in [3.8, 4) is 0 Å². The van der Waals surface area contributed by atoms with E-state index in [1.54, 1.807) is 25.1 Å². The Bertz CT molecular complexity index is 406. The van der Waals surface area contributed by atoms with Crippen LogP contribution >= 0.6 is 11.6 Å². The second-order valence-electron chi connectivity index (χ2n) is 3.28. The van der Waals surface area contributed by atoms with Gasteiger partial charge in [0.25, 0.3) is 0 Å². The Hall–Kier alpha value is -0.870. The zero-order chi connectivity index (χ0) is 12.1. The van der Waals surface area contributed by atoms with Crippen molar-refractivity contribution in [1.82, 2.24) is 0 Å². The molecular weight excluding hydrogens is 248 g/mol. The van der Waals surface area contributed by atoms with E-state index >= 15 is 0 Å². The van der Waals surface area contributed by atoms with Crippen molar-refractivity contribution in [2.45, 2.75) is 17.9 Å². The molecule has 1 aromatic carbocycles. The fourth-order valence-electron chi connectivity index (χ4n) is 1.17. The summed E-state index contributed by atoms with van der Waals surface area (Å²) in [6.45, 7) is 1.58. The van der Waals surface area contributed by atoms with E-state index in [0.29, 0.717) is 5.02 Å². The largest absolute Gasteiger partial charge is 0.468 e. The maximum absolute atomic E-state index is 11.8. The van der Waals surface area contributed by atoms with Crippen LogP contribution in [0.2, 0.25) is 5.02 Å². The van der Waals surface area contributed by atoms with Crippen molar-refractivity contribution >= 4 is 28.4 Å². The molecule has 0 amide bonds. The Kier molecular flexibility index (Phi) is 4.96. The van der Waals surface area contributed by atoms with Gasteiger partial charge in [-0.05, 0) is 18.6 Å². The molecule has 2 atom stereocenters. The summed E-state index contributed by atoms with van der Waals surface area (Å²) in [5, 5.41) is -0.0748. The third kappa shape index (κ3) is 3.32. The van der Waals surface area contributed by atoms with E-state index < -0.39 is 22.0 Å². The normalized spacial score (nSPS) is 14.2. The average Bonchev–Trinajstić information content (AvgIpc) is 2.30. The minimum Gasteiger partial charge on any atom is -0.468 e. The van der Waals surface area contributed by atoms with E-state index in [0.717, 1.165) is 5.56 Å². The van der Waals surface area contributed by atoms with Crippen LogP contribution < -0.4 is 0 Å². The molecule has 0 spiro atoms. The van der Waals surface area contributed by atoms with Crippen molar-refractivity contribution in [3.05, 3.63) is 34.9 Å². The first-order valence-electron chi connectivity index (χ1n) is 4.74. The number of hydrogen-bond donors (Lipinski definition) is 0. The standard InChI is InChI=1S/C11H13ClO3S/c1-8(11(13)15-2)16(14)7-9-5-3-4-6-10(9)12/h3-6,8H,7H2,1-2H3. The van der Waals surface area contributed by atoms with Crippen molar-refractivity contribution < 1.29 is 13.7 Å². The molecule has 0 saturated heterocycles. The summed E-state index contributed by atoms with van der Waals surface area (Å²) < 4.78 is 16.4. The fourth-order valence-corrected chi connectivity index (χ4v) is 2.57. The second-order valence-corrected chi connectivity index (χ2v) is 5.45. The van der Waals surface area contributed by atoms with E-state index in [1.165, 1.54) is 7.11 Å². The predicted molar refractivity (Wildman–Crippen MR) is 64.8 cm³/mol. The summed E-state index contributed by atoms with van der Waals surface area (Å²) >= 11 is 5.94. The average molecular weight is 261 g/mol. The maximum atomic E-state index is 11.8. The molecule has 0 saturated carbocycles. The number of carbonyl (C=O) groups is 1. The molecule has 0 aliphatic heterocycles. The summed E-state index contributed by atoms with van der Waals surface area (Å²) in [5.41, 5.74) is 0.776. The van der Waals surface area contributed by atoms with Crippen molar-refractivity contribution in [2.24, 2.45) is 0 Å². The van der Waals surface area contributed by atoms with Gasteiger partial charge >= 0.3 is 5.97 Å². The highest BCUT2D eigenvalue weighted by Gasteiger charge is 2.21. The Balaban J connectivity index is 2.72. The topological polar surface area (TPSA) is 43.4 Å². The van der Waals surface area contributed by atoms with Crippen LogP contribution in [0.4, 0.5) is 0 Å². The van der Waals surface area contributed by atoms with E-state index in [-0.39, 0.29) is 5.75 Å². The first kappa shape index (κ1) is 13.2. The Labute approximate surface area is 102 Å². The number of esters is 1. The van der Waals surface area contributed by atoms with Crippen LogP contribution in [0.3, 0.4) is 0 Å². The smallest absolute Gasteiger partial charge is 0.321 e. The molecule has 1 rings (SSSR count). The van der Waals surface area contributed by atoms with Crippen LogP contribution in [0.5, 0.6) is 0 Å². The number of rotatable bonds is 4. The highest BCUT2D eigenvalue weighted by molar-refractivity contribution is 7.85. The van der Waals surface area contributed by atoms with Gasteiger partial charge in [0.15, 0.2) is 0 Å². The third-order valence-electron chi connectivity index (χ3n) is 2.18. The van der Waals surface area contributed by atoms with Crippen LogP contribution in [0.1, 0.15) is 12.5 Å². The number of methoxy groups -OCH3 is 1. The summed E-state index contributed by atoms with van der Waals surface area (Å²) in [6, 6.07) is 7.15. The number of ether oxygens (including phenoxy) is 1. The van der Waals surface area contributed by atoms with Gasteiger partial charge in [0, 0.05) is 15.8 Å². The number of hydrogen-bond acceptors (Lipinski definition) is 3. The molecule has 0 aromatic heterocycles. The maximum Gasteiger partial charge on any atom is 0.321 e. The van der Waals surface area contributed by atoms with Gasteiger partial charge in [-0.15, -0.1) is 0 Å². The fraction of sp³-hybridized carbons (Fsp3) is 0.364. The molecule has 3 nitrogen and oxygen atoms in total. The zero-order valence-corrected chi connectivity index (χ0v) is 10.7. The Morgan fingerprint density at radius 2 is 2.12 bits per heavy atom. The molecule has 2 unspecified atom stereocenters. The van der Waals surface area contributed by atoms with Gasteiger partial charge in [-0.3, -0.25) is 9.00 Å². The first-order chi connectivity index (χ1) is 7.56. The summed E-state index contributed by atoms with van der Waals surface area (Å²) in [6.07, 6.45) is 0. The molecule has 0 radical (unpaired) electrons. The number of carbonyl (C=O) groups excluding carboxylic acids is 1. The molecule has 0 aliphatic carbocycles. The van der Waals surface area contributed by atoms with Crippen molar-refractivity contribution in [1.29, 1.82) is 0 Å². The summed E-state index contributed by atoms with van der Waals surface area (Å²) in [4.78, 5) is 11.2. The lowest BCUT2D eigenvalue weighted by molar-refractivity contribution is -0.139. The van der Waals surface area contributed by atoms with E-state index in [1.807, 2.05) is 6.07 Å². The molecule has 0 heterocycles. The molecule has 0 bridgehead atoms. The van der Waals surface area contributed by atoms with Gasteiger partial charge in [-0.2, -0.15) is 0 Å². The lowest BCUT2D eigenvalue weighted by Crippen LogP contribution is -2.24. The quantitative estimate of drug-likeness (QED) is 0.779. The number of halogens is 1. The minimum absolute atomic E-state index is 0.260. The summed E-state index contributed by atoms with van der Waals surface area (Å²) in [5.74, 6) is -0.207.